The summed E-state index contributed by atoms with van der Waals surface area (Å²) in [5.41, 5.74) is 1.28. The standard InChI is InChI=1S/C14H18BrNO2S/c15-8-10-9-16(5-6-18-10)14(17)12-2-1-3-13-11(12)4-7-19-13/h4,7,10,12H,1-3,5-6,8-9H2. The van der Waals surface area contributed by atoms with E-state index < -0.39 is 0 Å². The summed E-state index contributed by atoms with van der Waals surface area (Å²) in [6.45, 7) is 2.11. The fraction of sp³-hybridized carbons (Fsp3) is 0.643. The smallest absolute Gasteiger partial charge is 0.230 e. The predicted molar refractivity (Wildman–Crippen MR) is 80.1 cm³/mol. The fourth-order valence-electron chi connectivity index (χ4n) is 2.98. The summed E-state index contributed by atoms with van der Waals surface area (Å²) in [6, 6.07) is 2.14. The van der Waals surface area contributed by atoms with E-state index in [0.717, 1.165) is 37.7 Å². The van der Waals surface area contributed by atoms with Crippen LogP contribution in [0.1, 0.15) is 29.2 Å². The lowest BCUT2D eigenvalue weighted by molar-refractivity contribution is -0.139. The topological polar surface area (TPSA) is 29.5 Å². The maximum Gasteiger partial charge on any atom is 0.230 e. The summed E-state index contributed by atoms with van der Waals surface area (Å²) in [5.74, 6) is 0.387. The first-order chi connectivity index (χ1) is 9.29. The van der Waals surface area contributed by atoms with Crippen LogP contribution in [-0.2, 0) is 16.0 Å². The molecule has 19 heavy (non-hydrogen) atoms. The third kappa shape index (κ3) is 2.73. The van der Waals surface area contributed by atoms with Gasteiger partial charge in [0, 0.05) is 23.3 Å². The zero-order valence-electron chi connectivity index (χ0n) is 10.8. The van der Waals surface area contributed by atoms with Gasteiger partial charge < -0.3 is 9.64 Å². The Kier molecular flexibility index (Phi) is 4.24. The van der Waals surface area contributed by atoms with Crippen molar-refractivity contribution in [2.24, 2.45) is 0 Å². The van der Waals surface area contributed by atoms with Crippen LogP contribution < -0.4 is 0 Å². The molecule has 0 radical (unpaired) electrons. The molecule has 1 aromatic rings. The molecular weight excluding hydrogens is 326 g/mol. The Hall–Kier alpha value is -0.390. The van der Waals surface area contributed by atoms with Gasteiger partial charge in [-0.15, -0.1) is 11.3 Å². The lowest BCUT2D eigenvalue weighted by atomic mass is 9.86. The van der Waals surface area contributed by atoms with Crippen LogP contribution in [0, 0.1) is 0 Å². The Morgan fingerprint density at radius 2 is 2.47 bits per heavy atom. The Morgan fingerprint density at radius 1 is 1.58 bits per heavy atom. The van der Waals surface area contributed by atoms with Crippen molar-refractivity contribution in [3.63, 3.8) is 0 Å². The molecule has 0 spiro atoms. The van der Waals surface area contributed by atoms with Gasteiger partial charge in [0.2, 0.25) is 5.91 Å². The lowest BCUT2D eigenvalue weighted by Gasteiger charge is -2.35. The molecule has 0 bridgehead atoms. The highest BCUT2D eigenvalue weighted by molar-refractivity contribution is 9.09. The van der Waals surface area contributed by atoms with Crippen molar-refractivity contribution in [2.45, 2.75) is 31.3 Å². The number of aryl methyl sites for hydroxylation is 1. The number of hydrogen-bond acceptors (Lipinski definition) is 3. The minimum absolute atomic E-state index is 0.0871. The Balaban J connectivity index is 1.74. The molecule has 1 saturated heterocycles. The van der Waals surface area contributed by atoms with Crippen molar-refractivity contribution in [1.82, 2.24) is 4.90 Å². The van der Waals surface area contributed by atoms with Gasteiger partial charge in [0.15, 0.2) is 0 Å². The minimum Gasteiger partial charge on any atom is -0.374 e. The highest BCUT2D eigenvalue weighted by Gasteiger charge is 2.33. The second kappa shape index (κ2) is 5.94. The number of alkyl halides is 1. The number of carbonyl (C=O) groups excluding carboxylic acids is 1. The van der Waals surface area contributed by atoms with Gasteiger partial charge in [-0.3, -0.25) is 4.79 Å². The number of hydrogen-bond donors (Lipinski definition) is 0. The summed E-state index contributed by atoms with van der Waals surface area (Å²) < 4.78 is 5.61. The van der Waals surface area contributed by atoms with Gasteiger partial charge in [0.1, 0.15) is 0 Å². The summed E-state index contributed by atoms with van der Waals surface area (Å²) in [4.78, 5) is 16.1. The van der Waals surface area contributed by atoms with Crippen molar-refractivity contribution in [1.29, 1.82) is 0 Å². The molecule has 0 aromatic carbocycles. The number of amides is 1. The number of fused-ring (bicyclic) bond motifs is 1. The van der Waals surface area contributed by atoms with Crippen LogP contribution >= 0.6 is 27.3 Å². The van der Waals surface area contributed by atoms with Gasteiger partial charge in [-0.05, 0) is 36.3 Å². The molecule has 1 aliphatic heterocycles. The third-order valence-electron chi connectivity index (χ3n) is 3.97. The number of morpholine rings is 1. The molecule has 2 unspecified atom stereocenters. The summed E-state index contributed by atoms with van der Waals surface area (Å²) in [7, 11) is 0. The number of nitrogens with zero attached hydrogens (tertiary/aromatic N) is 1. The first-order valence-electron chi connectivity index (χ1n) is 6.82. The molecule has 1 amide bonds. The quantitative estimate of drug-likeness (QED) is 0.772. The van der Waals surface area contributed by atoms with E-state index in [0.29, 0.717) is 12.5 Å². The number of rotatable bonds is 2. The monoisotopic (exact) mass is 343 g/mol. The molecule has 104 valence electrons. The highest BCUT2D eigenvalue weighted by Crippen LogP contribution is 2.36. The predicted octanol–water partition coefficient (Wildman–Crippen LogP) is 2.79. The summed E-state index contributed by atoms with van der Waals surface area (Å²) in [6.07, 6.45) is 3.42. The van der Waals surface area contributed by atoms with Crippen molar-refractivity contribution in [3.8, 4) is 0 Å². The second-order valence-corrected chi connectivity index (χ2v) is 6.82. The lowest BCUT2D eigenvalue weighted by Crippen LogP contribution is -2.48. The van der Waals surface area contributed by atoms with Gasteiger partial charge >= 0.3 is 0 Å². The van der Waals surface area contributed by atoms with E-state index >= 15 is 0 Å². The number of thiophene rings is 1. The van der Waals surface area contributed by atoms with Crippen LogP contribution in [-0.4, -0.2) is 41.9 Å². The van der Waals surface area contributed by atoms with Gasteiger partial charge in [-0.25, -0.2) is 0 Å². The average Bonchev–Trinajstić information content (AvgIpc) is 2.95. The van der Waals surface area contributed by atoms with Gasteiger partial charge in [0.05, 0.1) is 18.6 Å². The molecule has 1 aromatic heterocycles. The molecule has 2 aliphatic rings. The normalized spacial score (nSPS) is 27.1. The van der Waals surface area contributed by atoms with E-state index in [-0.39, 0.29) is 12.0 Å². The number of ether oxygens (including phenoxy) is 1. The first kappa shape index (κ1) is 13.6. The van der Waals surface area contributed by atoms with Crippen LogP contribution in [0.4, 0.5) is 0 Å². The summed E-state index contributed by atoms with van der Waals surface area (Å²) >= 11 is 5.24. The molecule has 0 saturated carbocycles. The molecule has 1 fully saturated rings. The van der Waals surface area contributed by atoms with Crippen LogP contribution in [0.3, 0.4) is 0 Å². The molecule has 2 heterocycles. The van der Waals surface area contributed by atoms with Crippen LogP contribution in [0.2, 0.25) is 0 Å². The molecule has 5 heteroatoms. The summed E-state index contributed by atoms with van der Waals surface area (Å²) in [5, 5.41) is 2.92. The molecule has 3 rings (SSSR count). The number of halogens is 1. The van der Waals surface area contributed by atoms with Crippen LogP contribution in [0.5, 0.6) is 0 Å². The van der Waals surface area contributed by atoms with Crippen molar-refractivity contribution in [3.05, 3.63) is 21.9 Å². The second-order valence-electron chi connectivity index (χ2n) is 5.18. The minimum atomic E-state index is 0.0871. The molecular formula is C14H18BrNO2S. The van der Waals surface area contributed by atoms with Gasteiger partial charge in [0.25, 0.3) is 0 Å². The zero-order chi connectivity index (χ0) is 13.2. The fourth-order valence-corrected chi connectivity index (χ4v) is 4.36. The molecule has 2 atom stereocenters. The van der Waals surface area contributed by atoms with E-state index in [1.807, 2.05) is 4.90 Å². The third-order valence-corrected chi connectivity index (χ3v) is 5.69. The maximum absolute atomic E-state index is 12.7. The van der Waals surface area contributed by atoms with E-state index in [1.54, 1.807) is 11.3 Å². The zero-order valence-corrected chi connectivity index (χ0v) is 13.2. The highest BCUT2D eigenvalue weighted by atomic mass is 79.9. The average molecular weight is 344 g/mol. The van der Waals surface area contributed by atoms with Crippen molar-refractivity contribution in [2.75, 3.05) is 25.0 Å². The molecule has 0 N–H and O–H groups in total. The molecule has 1 aliphatic carbocycles. The van der Waals surface area contributed by atoms with E-state index in [2.05, 4.69) is 27.4 Å². The van der Waals surface area contributed by atoms with Gasteiger partial charge in [-0.1, -0.05) is 15.9 Å². The van der Waals surface area contributed by atoms with Crippen molar-refractivity contribution >= 4 is 33.2 Å². The van der Waals surface area contributed by atoms with Crippen LogP contribution in [0.15, 0.2) is 11.4 Å². The number of carbonyl (C=O) groups is 1. The SMILES string of the molecule is O=C(C1CCCc2sccc21)N1CCOC(CBr)C1. The Morgan fingerprint density at radius 3 is 3.32 bits per heavy atom. The van der Waals surface area contributed by atoms with Gasteiger partial charge in [-0.2, -0.15) is 0 Å². The first-order valence-corrected chi connectivity index (χ1v) is 8.82. The van der Waals surface area contributed by atoms with E-state index in [1.165, 1.54) is 10.4 Å². The largest absolute Gasteiger partial charge is 0.374 e. The Bertz CT molecular complexity index is 462. The maximum atomic E-state index is 12.7. The van der Waals surface area contributed by atoms with Crippen molar-refractivity contribution < 1.29 is 9.53 Å². The van der Waals surface area contributed by atoms with E-state index in [4.69, 9.17) is 4.74 Å². The molecule has 3 nitrogen and oxygen atoms in total. The Labute approximate surface area is 126 Å². The van der Waals surface area contributed by atoms with E-state index in [9.17, 15) is 4.79 Å². The van der Waals surface area contributed by atoms with Crippen LogP contribution in [0.25, 0.3) is 0 Å².